The molecule has 1 amide bonds. The number of aryl methyl sites for hydroxylation is 1. The van der Waals surface area contributed by atoms with E-state index in [1.54, 1.807) is 16.2 Å². The Morgan fingerprint density at radius 2 is 2.16 bits per heavy atom. The van der Waals surface area contributed by atoms with Gasteiger partial charge < -0.3 is 9.64 Å². The molecular formula is C18H21NO4S2. The van der Waals surface area contributed by atoms with Crippen molar-refractivity contribution in [3.05, 3.63) is 52.2 Å². The number of hydrogen-bond donors (Lipinski definition) is 0. The van der Waals surface area contributed by atoms with Crippen molar-refractivity contribution in [3.63, 3.8) is 0 Å². The van der Waals surface area contributed by atoms with E-state index in [4.69, 9.17) is 4.74 Å². The molecule has 134 valence electrons. The molecule has 0 spiro atoms. The van der Waals surface area contributed by atoms with Gasteiger partial charge in [-0.2, -0.15) is 0 Å². The second-order valence-corrected chi connectivity index (χ2v) is 9.52. The molecule has 1 atom stereocenters. The minimum atomic E-state index is -3.06. The average molecular weight is 380 g/mol. The third-order valence-electron chi connectivity index (χ3n) is 4.23. The fourth-order valence-electron chi connectivity index (χ4n) is 2.95. The van der Waals surface area contributed by atoms with Gasteiger partial charge in [0.15, 0.2) is 16.4 Å². The van der Waals surface area contributed by atoms with Crippen molar-refractivity contribution < 1.29 is 17.9 Å². The third-order valence-corrected chi connectivity index (χ3v) is 6.84. The van der Waals surface area contributed by atoms with Crippen LogP contribution in [-0.2, 0) is 21.2 Å². The molecule has 0 unspecified atom stereocenters. The highest BCUT2D eigenvalue weighted by molar-refractivity contribution is 7.91. The Labute approximate surface area is 152 Å². The van der Waals surface area contributed by atoms with Crippen LogP contribution in [0.5, 0.6) is 5.75 Å². The lowest BCUT2D eigenvalue weighted by atomic mass is 10.2. The predicted molar refractivity (Wildman–Crippen MR) is 98.6 cm³/mol. The molecule has 1 aromatic carbocycles. The standard InChI is InChI=1S/C18H21NO4S2/c1-14-4-2-5-16(10-14)23-12-18(20)19(11-17-6-3-8-24-17)15-7-9-25(21,22)13-15/h2-6,8,10,15H,7,9,11-13H2,1H3/t15-/m0/s1. The van der Waals surface area contributed by atoms with Crippen molar-refractivity contribution in [2.24, 2.45) is 0 Å². The molecule has 1 saturated heterocycles. The first-order valence-electron chi connectivity index (χ1n) is 8.15. The van der Waals surface area contributed by atoms with E-state index >= 15 is 0 Å². The molecule has 1 fully saturated rings. The topological polar surface area (TPSA) is 63.7 Å². The van der Waals surface area contributed by atoms with Crippen LogP contribution in [0, 0.1) is 6.92 Å². The molecule has 1 aromatic heterocycles. The molecular weight excluding hydrogens is 358 g/mol. The average Bonchev–Trinajstić information content (AvgIpc) is 3.19. The molecule has 25 heavy (non-hydrogen) atoms. The minimum absolute atomic E-state index is 0.0363. The molecule has 0 aliphatic carbocycles. The Kier molecular flexibility index (Phi) is 5.44. The predicted octanol–water partition coefficient (Wildman–Crippen LogP) is 2.65. The summed E-state index contributed by atoms with van der Waals surface area (Å²) in [5.41, 5.74) is 1.06. The second kappa shape index (κ2) is 7.58. The van der Waals surface area contributed by atoms with E-state index in [1.165, 1.54) is 0 Å². The fraction of sp³-hybridized carbons (Fsp3) is 0.389. The van der Waals surface area contributed by atoms with Gasteiger partial charge in [0.1, 0.15) is 5.75 Å². The first-order valence-corrected chi connectivity index (χ1v) is 10.8. The summed E-state index contributed by atoms with van der Waals surface area (Å²) in [5.74, 6) is 0.639. The quantitative estimate of drug-likeness (QED) is 0.774. The van der Waals surface area contributed by atoms with Crippen molar-refractivity contribution in [2.75, 3.05) is 18.1 Å². The van der Waals surface area contributed by atoms with Gasteiger partial charge in [-0.3, -0.25) is 4.79 Å². The fourth-order valence-corrected chi connectivity index (χ4v) is 5.38. The summed E-state index contributed by atoms with van der Waals surface area (Å²) in [6.45, 7) is 2.29. The highest BCUT2D eigenvalue weighted by atomic mass is 32.2. The van der Waals surface area contributed by atoms with Gasteiger partial charge >= 0.3 is 0 Å². The zero-order valence-electron chi connectivity index (χ0n) is 14.1. The Morgan fingerprint density at radius 3 is 2.80 bits per heavy atom. The number of thiophene rings is 1. The number of rotatable bonds is 6. The molecule has 5 nitrogen and oxygen atoms in total. The van der Waals surface area contributed by atoms with E-state index in [0.717, 1.165) is 10.4 Å². The van der Waals surface area contributed by atoms with Crippen molar-refractivity contribution in [2.45, 2.75) is 25.9 Å². The Hall–Kier alpha value is -1.86. The van der Waals surface area contributed by atoms with Gasteiger partial charge in [-0.15, -0.1) is 11.3 Å². The third kappa shape index (κ3) is 4.83. The highest BCUT2D eigenvalue weighted by Crippen LogP contribution is 2.22. The summed E-state index contributed by atoms with van der Waals surface area (Å²) in [4.78, 5) is 15.4. The van der Waals surface area contributed by atoms with Gasteiger partial charge in [0.25, 0.3) is 5.91 Å². The Morgan fingerprint density at radius 1 is 1.32 bits per heavy atom. The zero-order valence-corrected chi connectivity index (χ0v) is 15.7. The van der Waals surface area contributed by atoms with E-state index in [2.05, 4.69) is 0 Å². The van der Waals surface area contributed by atoms with Gasteiger partial charge in [-0.05, 0) is 42.5 Å². The number of carbonyl (C=O) groups is 1. The zero-order chi connectivity index (χ0) is 17.9. The summed E-state index contributed by atoms with van der Waals surface area (Å²) in [6.07, 6.45) is 0.490. The summed E-state index contributed by atoms with van der Waals surface area (Å²) in [5, 5.41) is 1.95. The van der Waals surface area contributed by atoms with Gasteiger partial charge in [0.2, 0.25) is 0 Å². The monoisotopic (exact) mass is 379 g/mol. The molecule has 7 heteroatoms. The smallest absolute Gasteiger partial charge is 0.261 e. The highest BCUT2D eigenvalue weighted by Gasteiger charge is 2.34. The number of hydrogen-bond acceptors (Lipinski definition) is 5. The lowest BCUT2D eigenvalue weighted by Crippen LogP contribution is -2.42. The summed E-state index contributed by atoms with van der Waals surface area (Å²) in [6, 6.07) is 11.1. The number of sulfone groups is 1. The maximum atomic E-state index is 12.7. The first-order chi connectivity index (χ1) is 11.9. The van der Waals surface area contributed by atoms with Crippen molar-refractivity contribution in [1.29, 1.82) is 0 Å². The summed E-state index contributed by atoms with van der Waals surface area (Å²) >= 11 is 1.56. The van der Waals surface area contributed by atoms with Crippen LogP contribution in [0.3, 0.4) is 0 Å². The van der Waals surface area contributed by atoms with Crippen molar-refractivity contribution in [1.82, 2.24) is 4.90 Å². The summed E-state index contributed by atoms with van der Waals surface area (Å²) < 4.78 is 29.3. The van der Waals surface area contributed by atoms with Crippen LogP contribution in [0.25, 0.3) is 0 Å². The Bertz CT molecular complexity index is 831. The largest absolute Gasteiger partial charge is 0.484 e. The molecule has 2 heterocycles. The molecule has 1 aliphatic heterocycles. The van der Waals surface area contributed by atoms with Crippen LogP contribution in [0.2, 0.25) is 0 Å². The molecule has 0 saturated carbocycles. The van der Waals surface area contributed by atoms with Gasteiger partial charge in [-0.1, -0.05) is 18.2 Å². The number of benzene rings is 1. The van der Waals surface area contributed by atoms with Gasteiger partial charge in [0.05, 0.1) is 18.1 Å². The van der Waals surface area contributed by atoms with E-state index in [0.29, 0.717) is 18.7 Å². The summed E-state index contributed by atoms with van der Waals surface area (Å²) in [7, 11) is -3.06. The van der Waals surface area contributed by atoms with E-state index in [9.17, 15) is 13.2 Å². The maximum absolute atomic E-state index is 12.7. The van der Waals surface area contributed by atoms with Crippen molar-refractivity contribution >= 4 is 27.1 Å². The minimum Gasteiger partial charge on any atom is -0.484 e. The van der Waals surface area contributed by atoms with Crippen LogP contribution in [-0.4, -0.2) is 43.4 Å². The number of amides is 1. The van der Waals surface area contributed by atoms with Crippen LogP contribution >= 0.6 is 11.3 Å². The molecule has 3 rings (SSSR count). The number of carbonyl (C=O) groups excluding carboxylic acids is 1. The molecule has 2 aromatic rings. The van der Waals surface area contributed by atoms with E-state index in [-0.39, 0.29) is 30.1 Å². The van der Waals surface area contributed by atoms with Crippen LogP contribution in [0.1, 0.15) is 16.9 Å². The molecule has 1 aliphatic rings. The van der Waals surface area contributed by atoms with E-state index < -0.39 is 9.84 Å². The van der Waals surface area contributed by atoms with Gasteiger partial charge in [-0.25, -0.2) is 8.42 Å². The van der Waals surface area contributed by atoms with Crippen LogP contribution < -0.4 is 4.74 Å². The SMILES string of the molecule is Cc1cccc(OCC(=O)N(Cc2cccs2)[C@H]2CCS(=O)(=O)C2)c1. The Balaban J connectivity index is 1.70. The lowest BCUT2D eigenvalue weighted by Gasteiger charge is -2.28. The number of nitrogens with zero attached hydrogens (tertiary/aromatic N) is 1. The molecule has 0 bridgehead atoms. The normalized spacial score (nSPS) is 18.8. The van der Waals surface area contributed by atoms with Crippen LogP contribution in [0.15, 0.2) is 41.8 Å². The van der Waals surface area contributed by atoms with Crippen molar-refractivity contribution in [3.8, 4) is 5.75 Å². The lowest BCUT2D eigenvalue weighted by molar-refractivity contribution is -0.135. The maximum Gasteiger partial charge on any atom is 0.261 e. The second-order valence-electron chi connectivity index (χ2n) is 6.26. The van der Waals surface area contributed by atoms with Crippen LogP contribution in [0.4, 0.5) is 0 Å². The first kappa shape index (κ1) is 17.9. The van der Waals surface area contributed by atoms with Gasteiger partial charge in [0, 0.05) is 10.9 Å². The molecule has 0 N–H and O–H groups in total. The van der Waals surface area contributed by atoms with E-state index in [1.807, 2.05) is 48.7 Å². The number of ether oxygens (including phenoxy) is 1. The molecule has 0 radical (unpaired) electrons.